The Morgan fingerprint density at radius 3 is 2.73 bits per heavy atom. The van der Waals surface area contributed by atoms with E-state index < -0.39 is 5.92 Å². The molecular formula is C21H25NO4. The van der Waals surface area contributed by atoms with Crippen LogP contribution in [0.4, 0.5) is 0 Å². The van der Waals surface area contributed by atoms with Crippen molar-refractivity contribution >= 4 is 11.8 Å². The second-order valence-corrected chi connectivity index (χ2v) is 7.00. The summed E-state index contributed by atoms with van der Waals surface area (Å²) in [4.78, 5) is 25.6. The van der Waals surface area contributed by atoms with Gasteiger partial charge in [-0.3, -0.25) is 4.79 Å². The van der Waals surface area contributed by atoms with Crippen molar-refractivity contribution in [2.75, 3.05) is 7.11 Å². The van der Waals surface area contributed by atoms with Crippen molar-refractivity contribution in [2.45, 2.75) is 52.1 Å². The Kier molecular flexibility index (Phi) is 5.16. The predicted octanol–water partition coefficient (Wildman–Crippen LogP) is 3.61. The molecule has 5 heteroatoms. The van der Waals surface area contributed by atoms with Crippen LogP contribution in [0.15, 0.2) is 46.8 Å². The van der Waals surface area contributed by atoms with E-state index in [1.807, 2.05) is 45.0 Å². The summed E-state index contributed by atoms with van der Waals surface area (Å²) in [7, 11) is 1.60. The summed E-state index contributed by atoms with van der Waals surface area (Å²) in [5.74, 6) is -0.0299. The number of rotatable bonds is 4. The molecule has 1 heterocycles. The van der Waals surface area contributed by atoms with E-state index >= 15 is 0 Å². The highest BCUT2D eigenvalue weighted by molar-refractivity contribution is 6.03. The van der Waals surface area contributed by atoms with Gasteiger partial charge >= 0.3 is 5.97 Å². The van der Waals surface area contributed by atoms with Crippen LogP contribution in [0.2, 0.25) is 0 Å². The number of ketones is 1. The number of dihydropyridines is 1. The zero-order chi connectivity index (χ0) is 18.8. The summed E-state index contributed by atoms with van der Waals surface area (Å²) in [6.45, 7) is 5.51. The van der Waals surface area contributed by atoms with Crippen LogP contribution in [0.3, 0.4) is 0 Å². The van der Waals surface area contributed by atoms with Crippen LogP contribution < -0.4 is 10.1 Å². The van der Waals surface area contributed by atoms with E-state index in [0.717, 1.165) is 29.8 Å². The zero-order valence-electron chi connectivity index (χ0n) is 15.7. The lowest BCUT2D eigenvalue weighted by Gasteiger charge is -2.34. The SMILES string of the molecule is COc1cccc(C2C(C(=O)OC(C)C)=C(C)NC3=C2C(=O)CCC3)c1. The fourth-order valence-corrected chi connectivity index (χ4v) is 3.69. The number of methoxy groups -OCH3 is 1. The number of Topliss-reactive ketones (excluding diaryl/α,β-unsaturated/α-hetero) is 1. The molecule has 3 rings (SSSR count). The minimum Gasteiger partial charge on any atom is -0.497 e. The van der Waals surface area contributed by atoms with Crippen LogP contribution in [-0.2, 0) is 14.3 Å². The first kappa shape index (κ1) is 18.2. The summed E-state index contributed by atoms with van der Waals surface area (Å²) in [6, 6.07) is 7.55. The Morgan fingerprint density at radius 2 is 2.04 bits per heavy atom. The minimum absolute atomic E-state index is 0.0916. The Labute approximate surface area is 154 Å². The minimum atomic E-state index is -0.430. The van der Waals surface area contributed by atoms with Gasteiger partial charge in [0.2, 0.25) is 0 Å². The van der Waals surface area contributed by atoms with Crippen molar-refractivity contribution in [1.29, 1.82) is 0 Å². The molecule has 0 bridgehead atoms. The Morgan fingerprint density at radius 1 is 1.27 bits per heavy atom. The molecule has 1 unspecified atom stereocenters. The molecule has 0 radical (unpaired) electrons. The largest absolute Gasteiger partial charge is 0.497 e. The van der Waals surface area contributed by atoms with Gasteiger partial charge < -0.3 is 14.8 Å². The van der Waals surface area contributed by atoms with E-state index in [1.165, 1.54) is 0 Å². The lowest BCUT2D eigenvalue weighted by Crippen LogP contribution is -2.34. The molecule has 1 aliphatic heterocycles. The topological polar surface area (TPSA) is 64.6 Å². The Bertz CT molecular complexity index is 804. The number of carbonyl (C=O) groups excluding carboxylic acids is 2. The summed E-state index contributed by atoms with van der Waals surface area (Å²) < 4.78 is 10.8. The average Bonchev–Trinajstić information content (AvgIpc) is 2.60. The Hall–Kier alpha value is -2.56. The first-order valence-electron chi connectivity index (χ1n) is 9.01. The third-order valence-electron chi connectivity index (χ3n) is 4.77. The van der Waals surface area contributed by atoms with Gasteiger partial charge in [-0.05, 0) is 51.3 Å². The van der Waals surface area contributed by atoms with E-state index in [9.17, 15) is 9.59 Å². The van der Waals surface area contributed by atoms with Gasteiger partial charge in [-0.2, -0.15) is 0 Å². The number of carbonyl (C=O) groups is 2. The molecule has 26 heavy (non-hydrogen) atoms. The number of hydrogen-bond acceptors (Lipinski definition) is 5. The number of esters is 1. The van der Waals surface area contributed by atoms with E-state index in [-0.39, 0.29) is 17.9 Å². The summed E-state index contributed by atoms with van der Waals surface area (Å²) >= 11 is 0. The molecule has 5 nitrogen and oxygen atoms in total. The molecule has 0 saturated heterocycles. The lowest BCUT2D eigenvalue weighted by molar-refractivity contribution is -0.143. The highest BCUT2D eigenvalue weighted by atomic mass is 16.5. The van der Waals surface area contributed by atoms with Crippen molar-refractivity contribution in [1.82, 2.24) is 5.32 Å². The summed E-state index contributed by atoms with van der Waals surface area (Å²) in [6.07, 6.45) is 1.91. The normalized spacial score (nSPS) is 20.0. The van der Waals surface area contributed by atoms with Crippen molar-refractivity contribution in [3.63, 3.8) is 0 Å². The molecule has 1 N–H and O–H groups in total. The Balaban J connectivity index is 2.15. The van der Waals surface area contributed by atoms with Crippen molar-refractivity contribution in [3.05, 3.63) is 52.4 Å². The van der Waals surface area contributed by atoms with E-state index in [1.54, 1.807) is 7.11 Å². The quantitative estimate of drug-likeness (QED) is 0.836. The maximum atomic E-state index is 12.9. The monoisotopic (exact) mass is 355 g/mol. The van der Waals surface area contributed by atoms with Crippen LogP contribution in [-0.4, -0.2) is 25.0 Å². The average molecular weight is 355 g/mol. The molecule has 0 saturated carbocycles. The molecule has 1 atom stereocenters. The fourth-order valence-electron chi connectivity index (χ4n) is 3.69. The summed E-state index contributed by atoms with van der Waals surface area (Å²) in [5.41, 5.74) is 3.72. The molecule has 0 aromatic heterocycles. The van der Waals surface area contributed by atoms with Crippen LogP contribution in [0, 0.1) is 0 Å². The van der Waals surface area contributed by atoms with Gasteiger partial charge in [-0.15, -0.1) is 0 Å². The second kappa shape index (κ2) is 7.36. The van der Waals surface area contributed by atoms with Crippen LogP contribution >= 0.6 is 0 Å². The second-order valence-electron chi connectivity index (χ2n) is 7.00. The van der Waals surface area contributed by atoms with Crippen LogP contribution in [0.1, 0.15) is 51.5 Å². The number of nitrogens with one attached hydrogen (secondary N) is 1. The third-order valence-corrected chi connectivity index (χ3v) is 4.77. The van der Waals surface area contributed by atoms with Crippen molar-refractivity contribution in [3.8, 4) is 5.75 Å². The van der Waals surface area contributed by atoms with Gasteiger partial charge in [0.25, 0.3) is 0 Å². The van der Waals surface area contributed by atoms with Gasteiger partial charge in [-0.25, -0.2) is 4.79 Å². The fraction of sp³-hybridized carbons (Fsp3) is 0.429. The van der Waals surface area contributed by atoms with E-state index in [4.69, 9.17) is 9.47 Å². The molecule has 1 aliphatic carbocycles. The maximum Gasteiger partial charge on any atom is 0.337 e. The molecule has 1 aromatic rings. The number of ether oxygens (including phenoxy) is 2. The van der Waals surface area contributed by atoms with Crippen LogP contribution in [0.25, 0.3) is 0 Å². The molecule has 0 fully saturated rings. The molecular weight excluding hydrogens is 330 g/mol. The van der Waals surface area contributed by atoms with Gasteiger partial charge in [-0.1, -0.05) is 12.1 Å². The first-order valence-corrected chi connectivity index (χ1v) is 9.01. The first-order chi connectivity index (χ1) is 12.4. The summed E-state index contributed by atoms with van der Waals surface area (Å²) in [5, 5.41) is 3.29. The van der Waals surface area contributed by atoms with Crippen molar-refractivity contribution in [2.24, 2.45) is 0 Å². The number of benzene rings is 1. The van der Waals surface area contributed by atoms with Gasteiger partial charge in [0.05, 0.1) is 18.8 Å². The number of allylic oxidation sites excluding steroid dienone is 3. The van der Waals surface area contributed by atoms with Gasteiger partial charge in [0.15, 0.2) is 5.78 Å². The maximum absolute atomic E-state index is 12.9. The molecule has 2 aliphatic rings. The van der Waals surface area contributed by atoms with E-state index in [0.29, 0.717) is 23.3 Å². The molecule has 0 spiro atoms. The highest BCUT2D eigenvalue weighted by Gasteiger charge is 2.39. The molecule has 1 aromatic carbocycles. The van der Waals surface area contributed by atoms with Crippen molar-refractivity contribution < 1.29 is 19.1 Å². The standard InChI is InChI=1S/C21H25NO4/c1-12(2)26-21(24)18-13(3)22-16-9-6-10-17(23)20(16)19(18)14-7-5-8-15(11-14)25-4/h5,7-8,11-12,19,22H,6,9-10H2,1-4H3. The van der Waals surface area contributed by atoms with Crippen LogP contribution in [0.5, 0.6) is 5.75 Å². The van der Waals surface area contributed by atoms with Gasteiger partial charge in [0.1, 0.15) is 5.75 Å². The predicted molar refractivity (Wildman–Crippen MR) is 98.7 cm³/mol. The lowest BCUT2D eigenvalue weighted by atomic mass is 9.75. The van der Waals surface area contributed by atoms with Gasteiger partial charge in [0, 0.05) is 29.3 Å². The molecule has 0 amide bonds. The smallest absolute Gasteiger partial charge is 0.337 e. The highest BCUT2D eigenvalue weighted by Crippen LogP contribution is 2.43. The van der Waals surface area contributed by atoms with E-state index in [2.05, 4.69) is 5.32 Å². The molecule has 138 valence electrons. The third kappa shape index (κ3) is 3.39. The number of hydrogen-bond donors (Lipinski definition) is 1. The zero-order valence-corrected chi connectivity index (χ0v) is 15.7.